The van der Waals surface area contributed by atoms with Gasteiger partial charge in [0, 0.05) is 5.92 Å². The average molecular weight is 192 g/mol. The van der Waals surface area contributed by atoms with Gasteiger partial charge in [-0.15, -0.1) is 0 Å². The Hall–Kier alpha value is -1.65. The van der Waals surface area contributed by atoms with Crippen molar-refractivity contribution in [3.05, 3.63) is 24.0 Å². The summed E-state index contributed by atoms with van der Waals surface area (Å²) in [7, 11) is 0. The molecule has 0 radical (unpaired) electrons. The van der Waals surface area contributed by atoms with Gasteiger partial charge in [0.2, 0.25) is 5.91 Å². The molecule has 1 aliphatic carbocycles. The van der Waals surface area contributed by atoms with E-state index in [1.807, 2.05) is 12.2 Å². The molecule has 0 bridgehead atoms. The monoisotopic (exact) mass is 192 g/mol. The van der Waals surface area contributed by atoms with E-state index in [-0.39, 0.29) is 11.8 Å². The zero-order valence-electron chi connectivity index (χ0n) is 7.73. The molecule has 1 aromatic rings. The minimum atomic E-state index is 0.0954. The van der Waals surface area contributed by atoms with Crippen molar-refractivity contribution in [2.75, 3.05) is 0 Å². The normalized spacial score (nSPS) is 16.0. The van der Waals surface area contributed by atoms with Crippen molar-refractivity contribution in [2.24, 2.45) is 5.92 Å². The first-order chi connectivity index (χ1) is 6.86. The van der Waals surface area contributed by atoms with Crippen molar-refractivity contribution in [1.82, 2.24) is 20.7 Å². The highest BCUT2D eigenvalue weighted by Crippen LogP contribution is 2.17. The fourth-order valence-electron chi connectivity index (χ4n) is 1.46. The van der Waals surface area contributed by atoms with Gasteiger partial charge in [0.1, 0.15) is 5.69 Å². The summed E-state index contributed by atoms with van der Waals surface area (Å²) in [4.78, 5) is 11.5. The van der Waals surface area contributed by atoms with Crippen LogP contribution in [0.5, 0.6) is 0 Å². The minimum absolute atomic E-state index is 0.0954. The number of nitrogens with zero attached hydrogens (tertiary/aromatic N) is 2. The Bertz CT molecular complexity index is 323. The molecule has 0 saturated carbocycles. The summed E-state index contributed by atoms with van der Waals surface area (Å²) in [5.74, 6) is 0.208. The molecule has 0 saturated heterocycles. The van der Waals surface area contributed by atoms with Crippen LogP contribution in [0, 0.1) is 5.92 Å². The third kappa shape index (κ3) is 1.99. The zero-order chi connectivity index (χ0) is 9.80. The lowest BCUT2D eigenvalue weighted by molar-refractivity contribution is -0.124. The van der Waals surface area contributed by atoms with Crippen LogP contribution in [0.3, 0.4) is 0 Å². The molecule has 0 spiro atoms. The molecule has 1 aliphatic rings. The summed E-state index contributed by atoms with van der Waals surface area (Å²) in [5.41, 5.74) is 0.754. The first-order valence-electron chi connectivity index (χ1n) is 4.63. The Morgan fingerprint density at radius 2 is 2.36 bits per heavy atom. The van der Waals surface area contributed by atoms with Crippen molar-refractivity contribution in [1.29, 1.82) is 0 Å². The zero-order valence-corrected chi connectivity index (χ0v) is 7.73. The summed E-state index contributed by atoms with van der Waals surface area (Å²) in [6.07, 6.45) is 7.39. The molecular formula is C9H12N4O. The fourth-order valence-corrected chi connectivity index (χ4v) is 1.46. The molecule has 1 aromatic heterocycles. The Morgan fingerprint density at radius 1 is 1.57 bits per heavy atom. The Balaban J connectivity index is 1.78. The molecule has 5 nitrogen and oxygen atoms in total. The smallest absolute Gasteiger partial charge is 0.224 e. The third-order valence-electron chi connectivity index (χ3n) is 2.29. The predicted octanol–water partition coefficient (Wildman–Crippen LogP) is 0.387. The maximum Gasteiger partial charge on any atom is 0.224 e. The van der Waals surface area contributed by atoms with E-state index in [0.29, 0.717) is 6.54 Å². The van der Waals surface area contributed by atoms with Gasteiger partial charge < -0.3 is 5.32 Å². The molecule has 0 aliphatic heterocycles. The lowest BCUT2D eigenvalue weighted by Gasteiger charge is -2.08. The van der Waals surface area contributed by atoms with Gasteiger partial charge in [-0.05, 0) is 12.8 Å². The number of aromatic nitrogens is 3. The van der Waals surface area contributed by atoms with Gasteiger partial charge >= 0.3 is 0 Å². The number of allylic oxidation sites excluding steroid dienone is 2. The van der Waals surface area contributed by atoms with Gasteiger partial charge in [0.25, 0.3) is 0 Å². The number of aromatic amines is 1. The molecule has 0 aromatic carbocycles. The number of carbonyl (C=O) groups is 1. The lowest BCUT2D eigenvalue weighted by Crippen LogP contribution is -2.29. The number of H-pyrrole nitrogens is 1. The molecule has 2 N–H and O–H groups in total. The van der Waals surface area contributed by atoms with Crippen LogP contribution < -0.4 is 5.32 Å². The van der Waals surface area contributed by atoms with E-state index in [0.717, 1.165) is 18.5 Å². The van der Waals surface area contributed by atoms with Crippen molar-refractivity contribution in [3.8, 4) is 0 Å². The Morgan fingerprint density at radius 3 is 3.00 bits per heavy atom. The largest absolute Gasteiger partial charge is 0.350 e. The maximum absolute atomic E-state index is 11.5. The lowest BCUT2D eigenvalue weighted by atomic mass is 10.1. The number of hydrogen-bond donors (Lipinski definition) is 2. The number of nitrogens with one attached hydrogen (secondary N) is 2. The standard InChI is InChI=1S/C9H12N4O/c14-9(7-3-1-2-4-7)10-5-8-6-11-13-12-8/h1-2,6-7H,3-5H2,(H,10,14)(H,11,12,13). The van der Waals surface area contributed by atoms with Crippen LogP contribution >= 0.6 is 0 Å². The number of rotatable bonds is 3. The highest BCUT2D eigenvalue weighted by Gasteiger charge is 2.18. The van der Waals surface area contributed by atoms with Crippen LogP contribution in [0.25, 0.3) is 0 Å². The second-order valence-corrected chi connectivity index (χ2v) is 3.32. The second-order valence-electron chi connectivity index (χ2n) is 3.32. The maximum atomic E-state index is 11.5. The van der Waals surface area contributed by atoms with Crippen LogP contribution in [0.4, 0.5) is 0 Å². The fraction of sp³-hybridized carbons (Fsp3) is 0.444. The van der Waals surface area contributed by atoms with Crippen molar-refractivity contribution >= 4 is 5.91 Å². The topological polar surface area (TPSA) is 70.7 Å². The Labute approximate surface area is 81.6 Å². The predicted molar refractivity (Wildman–Crippen MR) is 50.1 cm³/mol. The van der Waals surface area contributed by atoms with E-state index >= 15 is 0 Å². The van der Waals surface area contributed by atoms with Gasteiger partial charge in [-0.1, -0.05) is 12.2 Å². The average Bonchev–Trinajstić information content (AvgIpc) is 2.87. The van der Waals surface area contributed by atoms with E-state index in [9.17, 15) is 4.79 Å². The van der Waals surface area contributed by atoms with E-state index < -0.39 is 0 Å². The molecule has 5 heteroatoms. The van der Waals surface area contributed by atoms with Gasteiger partial charge in [0.05, 0.1) is 12.7 Å². The summed E-state index contributed by atoms with van der Waals surface area (Å²) in [6.45, 7) is 0.450. The number of amides is 1. The van der Waals surface area contributed by atoms with Gasteiger partial charge in [-0.25, -0.2) is 0 Å². The van der Waals surface area contributed by atoms with Crippen molar-refractivity contribution in [2.45, 2.75) is 19.4 Å². The second kappa shape index (κ2) is 4.04. The van der Waals surface area contributed by atoms with Gasteiger partial charge in [0.15, 0.2) is 0 Å². The number of carbonyl (C=O) groups excluding carboxylic acids is 1. The SMILES string of the molecule is O=C(NCc1cn[nH]n1)C1CC=CC1. The van der Waals surface area contributed by atoms with Crippen molar-refractivity contribution < 1.29 is 4.79 Å². The molecular weight excluding hydrogens is 180 g/mol. The first kappa shape index (κ1) is 8.93. The quantitative estimate of drug-likeness (QED) is 0.680. The van der Waals surface area contributed by atoms with Crippen LogP contribution in [0.2, 0.25) is 0 Å². The van der Waals surface area contributed by atoms with E-state index in [1.165, 1.54) is 0 Å². The summed E-state index contributed by atoms with van der Waals surface area (Å²) >= 11 is 0. The summed E-state index contributed by atoms with van der Waals surface area (Å²) in [6, 6.07) is 0. The first-order valence-corrected chi connectivity index (χ1v) is 4.63. The molecule has 1 heterocycles. The molecule has 0 unspecified atom stereocenters. The highest BCUT2D eigenvalue weighted by atomic mass is 16.1. The van der Waals surface area contributed by atoms with Crippen molar-refractivity contribution in [3.63, 3.8) is 0 Å². The van der Waals surface area contributed by atoms with E-state index in [4.69, 9.17) is 0 Å². The van der Waals surface area contributed by atoms with Crippen LogP contribution in [-0.4, -0.2) is 21.3 Å². The molecule has 1 amide bonds. The number of hydrogen-bond acceptors (Lipinski definition) is 3. The molecule has 0 fully saturated rings. The summed E-state index contributed by atoms with van der Waals surface area (Å²) in [5, 5.41) is 12.8. The van der Waals surface area contributed by atoms with Gasteiger partial charge in [-0.3, -0.25) is 4.79 Å². The molecule has 2 rings (SSSR count). The van der Waals surface area contributed by atoms with Gasteiger partial charge in [-0.2, -0.15) is 15.4 Å². The Kier molecular flexibility index (Phi) is 2.58. The van der Waals surface area contributed by atoms with E-state index in [1.54, 1.807) is 6.20 Å². The van der Waals surface area contributed by atoms with Crippen LogP contribution in [0.15, 0.2) is 18.3 Å². The molecule has 0 atom stereocenters. The highest BCUT2D eigenvalue weighted by molar-refractivity contribution is 5.79. The van der Waals surface area contributed by atoms with Crippen LogP contribution in [-0.2, 0) is 11.3 Å². The van der Waals surface area contributed by atoms with E-state index in [2.05, 4.69) is 20.7 Å². The minimum Gasteiger partial charge on any atom is -0.350 e. The molecule has 14 heavy (non-hydrogen) atoms. The molecule has 74 valence electrons. The summed E-state index contributed by atoms with van der Waals surface area (Å²) < 4.78 is 0. The third-order valence-corrected chi connectivity index (χ3v) is 2.29. The van der Waals surface area contributed by atoms with Crippen LogP contribution in [0.1, 0.15) is 18.5 Å².